The molecule has 0 aliphatic rings. The number of nitrogens with zero attached hydrogens (tertiary/aromatic N) is 1. The molecule has 0 N–H and O–H groups in total. The van der Waals surface area contributed by atoms with Crippen molar-refractivity contribution in [3.8, 4) is 5.75 Å². The standard InChI is InChI=1S/C12H13ClF3NO3/c1-11(2,3)19-8(18)6-7-4-5-17-10(13)9(7)20-12(14,15)16/h4-5H,6H2,1-3H3. The first-order chi connectivity index (χ1) is 8.98. The van der Waals surface area contributed by atoms with Crippen molar-refractivity contribution in [2.24, 2.45) is 0 Å². The summed E-state index contributed by atoms with van der Waals surface area (Å²) in [6, 6.07) is 1.22. The van der Waals surface area contributed by atoms with Crippen LogP contribution in [0.1, 0.15) is 26.3 Å². The Hall–Kier alpha value is -1.50. The summed E-state index contributed by atoms with van der Waals surface area (Å²) in [5.74, 6) is -1.38. The van der Waals surface area contributed by atoms with Crippen LogP contribution in [0, 0.1) is 0 Å². The molecule has 1 rings (SSSR count). The maximum atomic E-state index is 12.3. The zero-order chi connectivity index (χ0) is 15.6. The minimum absolute atomic E-state index is 0.0448. The molecule has 20 heavy (non-hydrogen) atoms. The number of rotatable bonds is 3. The number of ether oxygens (including phenoxy) is 2. The van der Waals surface area contributed by atoms with Gasteiger partial charge in [0.05, 0.1) is 6.42 Å². The molecule has 0 radical (unpaired) electrons. The lowest BCUT2D eigenvalue weighted by atomic mass is 10.1. The summed E-state index contributed by atoms with van der Waals surface area (Å²) in [5.41, 5.74) is -0.782. The molecule has 0 atom stereocenters. The molecule has 8 heteroatoms. The number of alkyl halides is 3. The van der Waals surface area contributed by atoms with Crippen molar-refractivity contribution in [2.75, 3.05) is 0 Å². The molecule has 4 nitrogen and oxygen atoms in total. The number of aromatic nitrogens is 1. The Bertz CT molecular complexity index is 498. The van der Waals surface area contributed by atoms with Crippen molar-refractivity contribution in [1.82, 2.24) is 4.98 Å². The van der Waals surface area contributed by atoms with Crippen LogP contribution in [0.3, 0.4) is 0 Å². The quantitative estimate of drug-likeness (QED) is 0.633. The van der Waals surface area contributed by atoms with Gasteiger partial charge in [-0.15, -0.1) is 13.2 Å². The molecule has 1 heterocycles. The number of pyridine rings is 1. The lowest BCUT2D eigenvalue weighted by Gasteiger charge is -2.20. The molecule has 0 aliphatic carbocycles. The Labute approximate surface area is 118 Å². The van der Waals surface area contributed by atoms with Gasteiger partial charge in [0.25, 0.3) is 0 Å². The number of hydrogen-bond donors (Lipinski definition) is 0. The Morgan fingerprint density at radius 1 is 1.35 bits per heavy atom. The van der Waals surface area contributed by atoms with Crippen molar-refractivity contribution in [1.29, 1.82) is 0 Å². The fourth-order valence-electron chi connectivity index (χ4n) is 1.36. The Balaban J connectivity index is 2.95. The number of carbonyl (C=O) groups is 1. The average Bonchev–Trinajstić information content (AvgIpc) is 2.18. The van der Waals surface area contributed by atoms with Gasteiger partial charge in [-0.2, -0.15) is 0 Å². The SMILES string of the molecule is CC(C)(C)OC(=O)Cc1ccnc(Cl)c1OC(F)(F)F. The second-order valence-corrected chi connectivity index (χ2v) is 5.26. The van der Waals surface area contributed by atoms with E-state index in [4.69, 9.17) is 16.3 Å². The van der Waals surface area contributed by atoms with Gasteiger partial charge in [0.15, 0.2) is 10.9 Å². The summed E-state index contributed by atoms with van der Waals surface area (Å²) >= 11 is 5.56. The van der Waals surface area contributed by atoms with Gasteiger partial charge in [-0.05, 0) is 26.8 Å². The van der Waals surface area contributed by atoms with Crippen LogP contribution < -0.4 is 4.74 Å². The Morgan fingerprint density at radius 3 is 2.45 bits per heavy atom. The highest BCUT2D eigenvalue weighted by atomic mass is 35.5. The van der Waals surface area contributed by atoms with Crippen molar-refractivity contribution in [2.45, 2.75) is 39.2 Å². The van der Waals surface area contributed by atoms with E-state index >= 15 is 0 Å². The highest BCUT2D eigenvalue weighted by molar-refractivity contribution is 6.31. The first-order valence-corrected chi connectivity index (χ1v) is 5.97. The second kappa shape index (κ2) is 5.87. The third-order valence-corrected chi connectivity index (χ3v) is 2.18. The van der Waals surface area contributed by atoms with Gasteiger partial charge in [0.2, 0.25) is 0 Å². The smallest absolute Gasteiger partial charge is 0.460 e. The van der Waals surface area contributed by atoms with Crippen molar-refractivity contribution < 1.29 is 27.4 Å². The first-order valence-electron chi connectivity index (χ1n) is 5.59. The van der Waals surface area contributed by atoms with Crippen molar-refractivity contribution in [3.63, 3.8) is 0 Å². The predicted molar refractivity (Wildman–Crippen MR) is 65.5 cm³/mol. The molecular formula is C12H13ClF3NO3. The van der Waals surface area contributed by atoms with Crippen LogP contribution in [-0.4, -0.2) is 22.9 Å². The molecule has 0 aromatic carbocycles. The van der Waals surface area contributed by atoms with E-state index in [1.165, 1.54) is 12.3 Å². The maximum absolute atomic E-state index is 12.3. The summed E-state index contributed by atoms with van der Waals surface area (Å²) in [4.78, 5) is 15.1. The summed E-state index contributed by atoms with van der Waals surface area (Å²) < 4.78 is 45.7. The van der Waals surface area contributed by atoms with E-state index in [1.54, 1.807) is 20.8 Å². The van der Waals surface area contributed by atoms with E-state index in [0.717, 1.165) is 0 Å². The van der Waals surface area contributed by atoms with Crippen LogP contribution in [0.25, 0.3) is 0 Å². The van der Waals surface area contributed by atoms with Crippen LogP contribution in [0.4, 0.5) is 13.2 Å². The highest BCUT2D eigenvalue weighted by Crippen LogP contribution is 2.32. The molecule has 0 saturated heterocycles. The maximum Gasteiger partial charge on any atom is 0.573 e. The zero-order valence-electron chi connectivity index (χ0n) is 11.0. The molecule has 1 aromatic rings. The largest absolute Gasteiger partial charge is 0.573 e. The van der Waals surface area contributed by atoms with E-state index in [1.807, 2.05) is 0 Å². The molecule has 0 aliphatic heterocycles. The predicted octanol–water partition coefficient (Wildman–Crippen LogP) is 3.52. The molecule has 0 amide bonds. The Morgan fingerprint density at radius 2 is 1.95 bits per heavy atom. The van der Waals surface area contributed by atoms with Crippen molar-refractivity contribution >= 4 is 17.6 Å². The van der Waals surface area contributed by atoms with Gasteiger partial charge in [-0.25, -0.2) is 4.98 Å². The molecule has 0 unspecified atom stereocenters. The molecule has 1 aromatic heterocycles. The van der Waals surface area contributed by atoms with Crippen LogP contribution in [0.5, 0.6) is 5.75 Å². The van der Waals surface area contributed by atoms with E-state index in [2.05, 4.69) is 9.72 Å². The topological polar surface area (TPSA) is 48.4 Å². The summed E-state index contributed by atoms with van der Waals surface area (Å²) in [6.07, 6.45) is -4.13. The third-order valence-electron chi connectivity index (χ3n) is 1.92. The molecular weight excluding hydrogens is 299 g/mol. The van der Waals surface area contributed by atoms with E-state index in [0.29, 0.717) is 0 Å². The van der Waals surface area contributed by atoms with E-state index < -0.39 is 35.3 Å². The van der Waals surface area contributed by atoms with E-state index in [-0.39, 0.29) is 5.56 Å². The fraction of sp³-hybridized carbons (Fsp3) is 0.500. The van der Waals surface area contributed by atoms with Crippen LogP contribution in [0.15, 0.2) is 12.3 Å². The third kappa shape index (κ3) is 5.64. The van der Waals surface area contributed by atoms with Crippen LogP contribution in [0.2, 0.25) is 5.15 Å². The number of hydrogen-bond acceptors (Lipinski definition) is 4. The lowest BCUT2D eigenvalue weighted by Crippen LogP contribution is -2.25. The minimum atomic E-state index is -4.92. The fourth-order valence-corrected chi connectivity index (χ4v) is 1.57. The monoisotopic (exact) mass is 311 g/mol. The van der Waals surface area contributed by atoms with Crippen molar-refractivity contribution in [3.05, 3.63) is 23.0 Å². The second-order valence-electron chi connectivity index (χ2n) is 4.90. The molecule has 0 saturated carbocycles. The van der Waals surface area contributed by atoms with Gasteiger partial charge in [-0.3, -0.25) is 4.79 Å². The molecule has 0 spiro atoms. The van der Waals surface area contributed by atoms with Gasteiger partial charge in [-0.1, -0.05) is 11.6 Å². The lowest BCUT2D eigenvalue weighted by molar-refractivity contribution is -0.275. The first kappa shape index (κ1) is 16.6. The van der Waals surface area contributed by atoms with Crippen LogP contribution >= 0.6 is 11.6 Å². The minimum Gasteiger partial charge on any atom is -0.460 e. The van der Waals surface area contributed by atoms with Gasteiger partial charge < -0.3 is 9.47 Å². The average molecular weight is 312 g/mol. The normalized spacial score (nSPS) is 12.2. The number of halogens is 4. The summed E-state index contributed by atoms with van der Waals surface area (Å²) in [6.45, 7) is 4.95. The zero-order valence-corrected chi connectivity index (χ0v) is 11.8. The molecule has 112 valence electrons. The van der Waals surface area contributed by atoms with Crippen LogP contribution in [-0.2, 0) is 16.0 Å². The van der Waals surface area contributed by atoms with Gasteiger partial charge >= 0.3 is 12.3 Å². The summed E-state index contributed by atoms with van der Waals surface area (Å²) in [5, 5.41) is -0.469. The highest BCUT2D eigenvalue weighted by Gasteiger charge is 2.34. The van der Waals surface area contributed by atoms with Gasteiger partial charge in [0, 0.05) is 11.8 Å². The molecule has 0 fully saturated rings. The molecule has 0 bridgehead atoms. The van der Waals surface area contributed by atoms with E-state index in [9.17, 15) is 18.0 Å². The number of esters is 1. The van der Waals surface area contributed by atoms with Gasteiger partial charge in [0.1, 0.15) is 5.60 Å². The Kier molecular flexibility index (Phi) is 4.86. The number of carbonyl (C=O) groups excluding carboxylic acids is 1. The summed E-state index contributed by atoms with van der Waals surface area (Å²) in [7, 11) is 0.